The Kier molecular flexibility index (Phi) is 4.69. The van der Waals surface area contributed by atoms with Crippen LogP contribution in [-0.2, 0) is 6.54 Å². The molecule has 0 spiro atoms. The van der Waals surface area contributed by atoms with Crippen molar-refractivity contribution in [2.75, 3.05) is 13.6 Å². The van der Waals surface area contributed by atoms with Gasteiger partial charge in [-0.05, 0) is 19.0 Å². The minimum atomic E-state index is -0.313. The van der Waals surface area contributed by atoms with Crippen LogP contribution in [0.3, 0.4) is 0 Å². The maximum absolute atomic E-state index is 11.1. The highest BCUT2D eigenvalue weighted by Gasteiger charge is 2.32. The number of likely N-dealkylation sites (N-methyl/N-ethyl adjacent to an activating group) is 1. The van der Waals surface area contributed by atoms with Gasteiger partial charge in [-0.15, -0.1) is 0 Å². The van der Waals surface area contributed by atoms with E-state index in [-0.39, 0.29) is 10.6 Å². The van der Waals surface area contributed by atoms with Gasteiger partial charge in [0.1, 0.15) is 0 Å². The van der Waals surface area contributed by atoms with Crippen LogP contribution >= 0.6 is 0 Å². The van der Waals surface area contributed by atoms with Gasteiger partial charge < -0.3 is 5.32 Å². The molecule has 0 aromatic heterocycles. The zero-order valence-electron chi connectivity index (χ0n) is 13.2. The lowest BCUT2D eigenvalue weighted by Crippen LogP contribution is -2.34. The number of hydrogen-bond acceptors (Lipinski definition) is 4. The lowest BCUT2D eigenvalue weighted by atomic mass is 10.00. The molecule has 1 saturated heterocycles. The van der Waals surface area contributed by atoms with Crippen molar-refractivity contribution < 1.29 is 4.92 Å². The molecule has 1 heterocycles. The molecular weight excluding hydrogens is 290 g/mol. The normalized spacial score (nSPS) is 21.4. The first kappa shape index (κ1) is 15.6. The summed E-state index contributed by atoms with van der Waals surface area (Å²) in [7, 11) is 2.13. The fourth-order valence-electron chi connectivity index (χ4n) is 3.38. The molecule has 2 aromatic rings. The smallest absolute Gasteiger partial charge is 0.273 e. The second-order valence-corrected chi connectivity index (χ2v) is 6.00. The highest BCUT2D eigenvalue weighted by atomic mass is 16.6. The Hall–Kier alpha value is -2.24. The molecule has 0 amide bonds. The van der Waals surface area contributed by atoms with Gasteiger partial charge in [0.2, 0.25) is 0 Å². The number of benzene rings is 2. The maximum Gasteiger partial charge on any atom is 0.273 e. The van der Waals surface area contributed by atoms with Crippen molar-refractivity contribution in [3.05, 3.63) is 75.8 Å². The molecule has 1 aliphatic heterocycles. The third-order valence-corrected chi connectivity index (χ3v) is 4.53. The molecule has 0 bridgehead atoms. The minimum Gasteiger partial charge on any atom is -0.308 e. The monoisotopic (exact) mass is 311 g/mol. The van der Waals surface area contributed by atoms with Crippen LogP contribution in [0.15, 0.2) is 54.6 Å². The van der Waals surface area contributed by atoms with E-state index in [1.54, 1.807) is 12.1 Å². The third kappa shape index (κ3) is 3.41. The van der Waals surface area contributed by atoms with E-state index >= 15 is 0 Å². The van der Waals surface area contributed by atoms with Gasteiger partial charge >= 0.3 is 0 Å². The van der Waals surface area contributed by atoms with Crippen LogP contribution in [0, 0.1) is 10.1 Å². The Balaban J connectivity index is 1.74. The van der Waals surface area contributed by atoms with Crippen LogP contribution in [0.25, 0.3) is 0 Å². The average molecular weight is 311 g/mol. The van der Waals surface area contributed by atoms with Gasteiger partial charge in [-0.25, -0.2) is 0 Å². The van der Waals surface area contributed by atoms with E-state index in [1.165, 1.54) is 5.56 Å². The van der Waals surface area contributed by atoms with Gasteiger partial charge in [0.15, 0.2) is 0 Å². The number of nitro groups is 1. The number of nitrogens with zero attached hydrogens (tertiary/aromatic N) is 2. The van der Waals surface area contributed by atoms with Gasteiger partial charge in [0, 0.05) is 36.8 Å². The van der Waals surface area contributed by atoms with Gasteiger partial charge in [0.25, 0.3) is 5.69 Å². The highest BCUT2D eigenvalue weighted by Crippen LogP contribution is 2.31. The summed E-state index contributed by atoms with van der Waals surface area (Å²) in [6.45, 7) is 1.53. The van der Waals surface area contributed by atoms with Crippen molar-refractivity contribution >= 4 is 5.69 Å². The summed E-state index contributed by atoms with van der Waals surface area (Å²) in [4.78, 5) is 13.2. The second kappa shape index (κ2) is 6.89. The Morgan fingerprint density at radius 1 is 1.17 bits per heavy atom. The Morgan fingerprint density at radius 2 is 1.87 bits per heavy atom. The summed E-state index contributed by atoms with van der Waals surface area (Å²) in [5, 5.41) is 14.7. The lowest BCUT2D eigenvalue weighted by molar-refractivity contribution is -0.385. The molecule has 3 rings (SSSR count). The summed E-state index contributed by atoms with van der Waals surface area (Å²) in [6.07, 6.45) is 1.04. The second-order valence-electron chi connectivity index (χ2n) is 6.00. The van der Waals surface area contributed by atoms with Gasteiger partial charge in [0.05, 0.1) is 4.92 Å². The summed E-state index contributed by atoms with van der Waals surface area (Å²) in [5.41, 5.74) is 2.20. The van der Waals surface area contributed by atoms with Crippen LogP contribution < -0.4 is 5.32 Å². The summed E-state index contributed by atoms with van der Waals surface area (Å²) < 4.78 is 0. The molecule has 0 radical (unpaired) electrons. The molecule has 0 saturated carbocycles. The quantitative estimate of drug-likeness (QED) is 0.681. The third-order valence-electron chi connectivity index (χ3n) is 4.53. The van der Waals surface area contributed by atoms with Crippen LogP contribution in [0.2, 0.25) is 0 Å². The SMILES string of the molecule is CN1CC[C@@H](NCc2ccccc2[N+](=O)[O-])[C@@H]1c1ccccc1. The summed E-state index contributed by atoms with van der Waals surface area (Å²) >= 11 is 0. The lowest BCUT2D eigenvalue weighted by Gasteiger charge is -2.26. The predicted molar refractivity (Wildman–Crippen MR) is 90.2 cm³/mol. The largest absolute Gasteiger partial charge is 0.308 e. The zero-order chi connectivity index (χ0) is 16.2. The number of para-hydroxylation sites is 1. The number of rotatable bonds is 5. The fourth-order valence-corrected chi connectivity index (χ4v) is 3.38. The van der Waals surface area contributed by atoms with E-state index in [0.29, 0.717) is 18.6 Å². The molecule has 0 aliphatic carbocycles. The molecule has 1 aliphatic rings. The van der Waals surface area contributed by atoms with E-state index in [2.05, 4.69) is 41.5 Å². The van der Waals surface area contributed by atoms with E-state index in [0.717, 1.165) is 18.5 Å². The molecule has 1 fully saturated rings. The molecular formula is C18H21N3O2. The van der Waals surface area contributed by atoms with Crippen molar-refractivity contribution in [3.8, 4) is 0 Å². The van der Waals surface area contributed by atoms with Crippen molar-refractivity contribution in [1.29, 1.82) is 0 Å². The van der Waals surface area contributed by atoms with Gasteiger partial charge in [-0.3, -0.25) is 15.0 Å². The number of nitrogens with one attached hydrogen (secondary N) is 1. The Morgan fingerprint density at radius 3 is 2.61 bits per heavy atom. The first-order chi connectivity index (χ1) is 11.2. The summed E-state index contributed by atoms with van der Waals surface area (Å²) in [5.74, 6) is 0. The van der Waals surface area contributed by atoms with Crippen molar-refractivity contribution in [2.24, 2.45) is 0 Å². The van der Waals surface area contributed by atoms with Crippen molar-refractivity contribution in [1.82, 2.24) is 10.2 Å². The standard InChI is InChI=1S/C18H21N3O2/c1-20-12-11-16(18(20)14-7-3-2-4-8-14)19-13-15-9-5-6-10-17(15)21(22)23/h2-10,16,18-19H,11-13H2,1H3/t16-,18+/m1/s1. The Labute approximate surface area is 136 Å². The number of hydrogen-bond donors (Lipinski definition) is 1. The van der Waals surface area contributed by atoms with E-state index < -0.39 is 0 Å². The van der Waals surface area contributed by atoms with E-state index in [9.17, 15) is 10.1 Å². The highest BCUT2D eigenvalue weighted by molar-refractivity contribution is 5.39. The molecule has 5 nitrogen and oxygen atoms in total. The first-order valence-corrected chi connectivity index (χ1v) is 7.87. The topological polar surface area (TPSA) is 58.4 Å². The van der Waals surface area contributed by atoms with Crippen LogP contribution in [0.5, 0.6) is 0 Å². The molecule has 0 unspecified atom stereocenters. The predicted octanol–water partition coefficient (Wildman–Crippen LogP) is 3.13. The fraction of sp³-hybridized carbons (Fsp3) is 0.333. The van der Waals surface area contributed by atoms with E-state index in [1.807, 2.05) is 18.2 Å². The molecule has 5 heteroatoms. The molecule has 2 atom stereocenters. The molecule has 1 N–H and O–H groups in total. The number of nitro benzene ring substituents is 1. The zero-order valence-corrected chi connectivity index (χ0v) is 13.2. The molecule has 2 aromatic carbocycles. The van der Waals surface area contributed by atoms with Crippen LogP contribution in [-0.4, -0.2) is 29.5 Å². The van der Waals surface area contributed by atoms with Gasteiger partial charge in [-0.2, -0.15) is 0 Å². The average Bonchev–Trinajstić information content (AvgIpc) is 2.94. The Bertz CT molecular complexity index is 675. The van der Waals surface area contributed by atoms with Crippen molar-refractivity contribution in [2.45, 2.75) is 25.0 Å². The molecule has 120 valence electrons. The van der Waals surface area contributed by atoms with Gasteiger partial charge in [-0.1, -0.05) is 48.5 Å². The van der Waals surface area contributed by atoms with Crippen LogP contribution in [0.4, 0.5) is 5.69 Å². The summed E-state index contributed by atoms with van der Waals surface area (Å²) in [6, 6.07) is 18.0. The van der Waals surface area contributed by atoms with E-state index in [4.69, 9.17) is 0 Å². The van der Waals surface area contributed by atoms with Crippen molar-refractivity contribution in [3.63, 3.8) is 0 Å². The first-order valence-electron chi connectivity index (χ1n) is 7.87. The minimum absolute atomic E-state index is 0.183. The van der Waals surface area contributed by atoms with Crippen LogP contribution in [0.1, 0.15) is 23.6 Å². The maximum atomic E-state index is 11.1. The number of likely N-dealkylation sites (tertiary alicyclic amines) is 1. The molecule has 23 heavy (non-hydrogen) atoms.